The molecule has 0 bridgehead atoms. The Morgan fingerprint density at radius 3 is 2.85 bits per heavy atom. The first-order chi connectivity index (χ1) is 9.83. The number of rotatable bonds is 2. The molecule has 1 aliphatic heterocycles. The topological polar surface area (TPSA) is 47.4 Å². The third-order valence-corrected chi connectivity index (χ3v) is 3.50. The maximum Gasteiger partial charge on any atom is 0.415 e. The lowest BCUT2D eigenvalue weighted by atomic mass is 10.1. The molecule has 1 fully saturated rings. The lowest BCUT2D eigenvalue weighted by Crippen LogP contribution is -2.42. The molecule has 20 heavy (non-hydrogen) atoms. The number of hydrogen-bond donors (Lipinski definition) is 0. The molecule has 1 aliphatic rings. The van der Waals surface area contributed by atoms with E-state index in [1.807, 2.05) is 35.1 Å². The van der Waals surface area contributed by atoms with Crippen molar-refractivity contribution in [3.63, 3.8) is 0 Å². The van der Waals surface area contributed by atoms with Gasteiger partial charge in [0.25, 0.3) is 0 Å². The van der Waals surface area contributed by atoms with Crippen molar-refractivity contribution in [2.45, 2.75) is 18.9 Å². The number of para-hydroxylation sites is 1. The Balaban J connectivity index is 1.63. The Kier molecular flexibility index (Phi) is 3.67. The van der Waals surface area contributed by atoms with Crippen molar-refractivity contribution in [2.75, 3.05) is 13.1 Å². The second-order valence-electron chi connectivity index (χ2n) is 4.91. The zero-order chi connectivity index (χ0) is 13.8. The fourth-order valence-electron chi connectivity index (χ4n) is 2.49. The van der Waals surface area contributed by atoms with E-state index in [1.54, 1.807) is 23.2 Å². The fourth-order valence-corrected chi connectivity index (χ4v) is 2.49. The zero-order valence-corrected chi connectivity index (χ0v) is 11.2. The summed E-state index contributed by atoms with van der Waals surface area (Å²) in [4.78, 5) is 13.9. The first-order valence-electron chi connectivity index (χ1n) is 6.84. The van der Waals surface area contributed by atoms with Crippen molar-refractivity contribution in [2.24, 2.45) is 0 Å². The van der Waals surface area contributed by atoms with E-state index in [1.165, 1.54) is 0 Å². The number of aromatic nitrogens is 2. The second-order valence-corrected chi connectivity index (χ2v) is 4.91. The summed E-state index contributed by atoms with van der Waals surface area (Å²) >= 11 is 0. The van der Waals surface area contributed by atoms with E-state index >= 15 is 0 Å². The molecule has 5 nitrogen and oxygen atoms in total. The highest BCUT2D eigenvalue weighted by Gasteiger charge is 2.26. The van der Waals surface area contributed by atoms with Gasteiger partial charge in [-0.3, -0.25) is 4.68 Å². The van der Waals surface area contributed by atoms with Gasteiger partial charge in [-0.25, -0.2) is 4.79 Å². The highest BCUT2D eigenvalue weighted by atomic mass is 16.6. The quantitative estimate of drug-likeness (QED) is 0.843. The summed E-state index contributed by atoms with van der Waals surface area (Å²) < 4.78 is 7.30. The maximum atomic E-state index is 12.2. The lowest BCUT2D eigenvalue weighted by Gasteiger charge is -2.32. The first kappa shape index (κ1) is 12.7. The highest BCUT2D eigenvalue weighted by molar-refractivity contribution is 5.70. The van der Waals surface area contributed by atoms with Crippen molar-refractivity contribution in [3.8, 4) is 5.75 Å². The van der Waals surface area contributed by atoms with Gasteiger partial charge in [0, 0.05) is 25.5 Å². The average Bonchev–Trinajstić information content (AvgIpc) is 3.03. The van der Waals surface area contributed by atoms with Crippen LogP contribution in [-0.4, -0.2) is 33.9 Å². The summed E-state index contributed by atoms with van der Waals surface area (Å²) in [6.45, 7) is 1.39. The molecular formula is C15H17N3O2. The second kappa shape index (κ2) is 5.77. The van der Waals surface area contributed by atoms with Crippen LogP contribution < -0.4 is 4.74 Å². The molecule has 0 radical (unpaired) electrons. The van der Waals surface area contributed by atoms with Crippen LogP contribution in [0.2, 0.25) is 0 Å². The van der Waals surface area contributed by atoms with Crippen molar-refractivity contribution in [3.05, 3.63) is 48.8 Å². The van der Waals surface area contributed by atoms with Crippen LogP contribution in [0, 0.1) is 0 Å². The monoisotopic (exact) mass is 271 g/mol. The zero-order valence-electron chi connectivity index (χ0n) is 11.2. The summed E-state index contributed by atoms with van der Waals surface area (Å²) in [6.07, 6.45) is 5.43. The normalized spacial score (nSPS) is 18.8. The van der Waals surface area contributed by atoms with E-state index in [9.17, 15) is 4.79 Å². The fraction of sp³-hybridized carbons (Fsp3) is 0.333. The minimum Gasteiger partial charge on any atom is -0.410 e. The van der Waals surface area contributed by atoms with Gasteiger partial charge < -0.3 is 9.64 Å². The SMILES string of the molecule is O=C(Oc1ccccc1)N1CCCC(n2cccn2)C1. The van der Waals surface area contributed by atoms with Gasteiger partial charge in [-0.05, 0) is 31.0 Å². The van der Waals surface area contributed by atoms with Gasteiger partial charge in [0.15, 0.2) is 0 Å². The largest absolute Gasteiger partial charge is 0.415 e. The molecule has 1 atom stereocenters. The number of nitrogens with zero attached hydrogens (tertiary/aromatic N) is 3. The van der Waals surface area contributed by atoms with Gasteiger partial charge in [0.2, 0.25) is 0 Å². The van der Waals surface area contributed by atoms with E-state index in [0.717, 1.165) is 19.4 Å². The summed E-state index contributed by atoms with van der Waals surface area (Å²) in [6, 6.07) is 11.3. The average molecular weight is 271 g/mol. The standard InChI is InChI=1S/C15H17N3O2/c19-15(20-14-7-2-1-3-8-14)17-10-4-6-13(12-17)18-11-5-9-16-18/h1-3,5,7-9,11,13H,4,6,10,12H2. The molecule has 5 heteroatoms. The lowest BCUT2D eigenvalue weighted by molar-refractivity contribution is 0.125. The van der Waals surface area contributed by atoms with Crippen LogP contribution in [0.3, 0.4) is 0 Å². The molecule has 2 aromatic rings. The first-order valence-corrected chi connectivity index (χ1v) is 6.84. The Hall–Kier alpha value is -2.30. The summed E-state index contributed by atoms with van der Waals surface area (Å²) in [5, 5.41) is 4.26. The molecule has 3 rings (SSSR count). The van der Waals surface area contributed by atoms with Gasteiger partial charge in [0.1, 0.15) is 5.75 Å². The number of carbonyl (C=O) groups excluding carboxylic acids is 1. The van der Waals surface area contributed by atoms with Crippen molar-refractivity contribution in [1.82, 2.24) is 14.7 Å². The molecule has 1 aromatic carbocycles. The molecule has 1 saturated heterocycles. The van der Waals surface area contributed by atoms with Crippen LogP contribution >= 0.6 is 0 Å². The maximum absolute atomic E-state index is 12.2. The van der Waals surface area contributed by atoms with E-state index in [4.69, 9.17) is 4.74 Å². The number of likely N-dealkylation sites (tertiary alicyclic amines) is 1. The molecule has 0 saturated carbocycles. The Bertz CT molecular complexity index is 554. The summed E-state index contributed by atoms with van der Waals surface area (Å²) in [7, 11) is 0. The van der Waals surface area contributed by atoms with Crippen molar-refractivity contribution in [1.29, 1.82) is 0 Å². The van der Waals surface area contributed by atoms with Crippen LogP contribution in [0.5, 0.6) is 5.75 Å². The molecule has 0 aliphatic carbocycles. The third-order valence-electron chi connectivity index (χ3n) is 3.50. The Labute approximate surface area is 117 Å². The summed E-state index contributed by atoms with van der Waals surface area (Å²) in [5.74, 6) is 0.582. The van der Waals surface area contributed by atoms with E-state index < -0.39 is 0 Å². The minimum atomic E-state index is -0.284. The van der Waals surface area contributed by atoms with E-state index in [0.29, 0.717) is 12.3 Å². The molecule has 2 heterocycles. The van der Waals surface area contributed by atoms with Crippen LogP contribution in [0.4, 0.5) is 4.79 Å². The number of piperidine rings is 1. The number of hydrogen-bond acceptors (Lipinski definition) is 3. The number of benzene rings is 1. The molecule has 0 spiro atoms. The van der Waals surface area contributed by atoms with Gasteiger partial charge in [-0.2, -0.15) is 5.10 Å². The van der Waals surface area contributed by atoms with Gasteiger partial charge >= 0.3 is 6.09 Å². The van der Waals surface area contributed by atoms with Crippen molar-refractivity contribution >= 4 is 6.09 Å². The van der Waals surface area contributed by atoms with Gasteiger partial charge in [-0.15, -0.1) is 0 Å². The minimum absolute atomic E-state index is 0.238. The third kappa shape index (κ3) is 2.82. The molecule has 1 unspecified atom stereocenters. The molecule has 1 amide bonds. The highest BCUT2D eigenvalue weighted by Crippen LogP contribution is 2.21. The Morgan fingerprint density at radius 1 is 1.25 bits per heavy atom. The molecule has 104 valence electrons. The van der Waals surface area contributed by atoms with Gasteiger partial charge in [0.05, 0.1) is 6.04 Å². The predicted molar refractivity (Wildman–Crippen MR) is 74.5 cm³/mol. The molecular weight excluding hydrogens is 254 g/mol. The van der Waals surface area contributed by atoms with Crippen LogP contribution in [0.15, 0.2) is 48.8 Å². The smallest absolute Gasteiger partial charge is 0.410 e. The van der Waals surface area contributed by atoms with E-state index in [2.05, 4.69) is 5.10 Å². The Morgan fingerprint density at radius 2 is 2.10 bits per heavy atom. The van der Waals surface area contributed by atoms with Crippen LogP contribution in [-0.2, 0) is 0 Å². The number of ether oxygens (including phenoxy) is 1. The molecule has 1 aromatic heterocycles. The van der Waals surface area contributed by atoms with Crippen molar-refractivity contribution < 1.29 is 9.53 Å². The number of carbonyl (C=O) groups is 1. The predicted octanol–water partition coefficient (Wildman–Crippen LogP) is 2.72. The molecule has 0 N–H and O–H groups in total. The van der Waals surface area contributed by atoms with Crippen LogP contribution in [0.25, 0.3) is 0 Å². The van der Waals surface area contributed by atoms with Crippen LogP contribution in [0.1, 0.15) is 18.9 Å². The number of amides is 1. The summed E-state index contributed by atoms with van der Waals surface area (Å²) in [5.41, 5.74) is 0. The van der Waals surface area contributed by atoms with Gasteiger partial charge in [-0.1, -0.05) is 18.2 Å². The van der Waals surface area contributed by atoms with E-state index in [-0.39, 0.29) is 12.1 Å².